The minimum absolute atomic E-state index is 0.489. The molecular formula is C23H26N4O. The summed E-state index contributed by atoms with van der Waals surface area (Å²) in [6, 6.07) is 18.3. The van der Waals surface area contributed by atoms with Crippen LogP contribution in [0.5, 0.6) is 5.75 Å². The summed E-state index contributed by atoms with van der Waals surface area (Å²) in [5.74, 6) is 1.61. The number of aliphatic imine (C=N–C) groups is 1. The van der Waals surface area contributed by atoms with Crippen LogP contribution < -0.4 is 15.4 Å². The van der Waals surface area contributed by atoms with Gasteiger partial charge in [0.05, 0.1) is 5.52 Å². The third-order valence-electron chi connectivity index (χ3n) is 4.40. The summed E-state index contributed by atoms with van der Waals surface area (Å²) < 4.78 is 5.71. The van der Waals surface area contributed by atoms with Crippen molar-refractivity contribution in [3.05, 3.63) is 84.6 Å². The third-order valence-corrected chi connectivity index (χ3v) is 4.40. The van der Waals surface area contributed by atoms with Gasteiger partial charge in [0, 0.05) is 37.3 Å². The van der Waals surface area contributed by atoms with E-state index >= 15 is 0 Å². The molecule has 5 heteroatoms. The Bertz CT molecular complexity index is 947. The Morgan fingerprint density at radius 2 is 1.89 bits per heavy atom. The molecule has 0 aliphatic heterocycles. The molecule has 1 aromatic heterocycles. The Balaban J connectivity index is 1.55. The first-order valence-electron chi connectivity index (χ1n) is 9.40. The molecule has 0 saturated carbocycles. The van der Waals surface area contributed by atoms with Crippen LogP contribution in [0.1, 0.15) is 11.1 Å². The Morgan fingerprint density at radius 1 is 1.07 bits per heavy atom. The number of guanidine groups is 1. The Morgan fingerprint density at radius 3 is 2.75 bits per heavy atom. The van der Waals surface area contributed by atoms with Gasteiger partial charge in [-0.1, -0.05) is 55.1 Å². The van der Waals surface area contributed by atoms with Gasteiger partial charge in [-0.25, -0.2) is 0 Å². The molecule has 0 radical (unpaired) electrons. The Hall–Kier alpha value is -3.34. The number of nitrogens with one attached hydrogen (secondary N) is 2. The van der Waals surface area contributed by atoms with E-state index in [1.807, 2.05) is 36.5 Å². The monoisotopic (exact) mass is 374 g/mol. The van der Waals surface area contributed by atoms with E-state index in [4.69, 9.17) is 4.74 Å². The second-order valence-electron chi connectivity index (χ2n) is 6.30. The van der Waals surface area contributed by atoms with Crippen molar-refractivity contribution in [3.8, 4) is 5.75 Å². The minimum atomic E-state index is 0.489. The molecule has 5 nitrogen and oxygen atoms in total. The zero-order chi connectivity index (χ0) is 19.6. The van der Waals surface area contributed by atoms with Crippen molar-refractivity contribution >= 4 is 16.9 Å². The molecule has 0 aliphatic rings. The number of rotatable bonds is 8. The highest BCUT2D eigenvalue weighted by Crippen LogP contribution is 2.18. The van der Waals surface area contributed by atoms with Crippen molar-refractivity contribution < 1.29 is 4.74 Å². The smallest absolute Gasteiger partial charge is 0.191 e. The summed E-state index contributed by atoms with van der Waals surface area (Å²) in [6.45, 7) is 5.58. The van der Waals surface area contributed by atoms with E-state index < -0.39 is 0 Å². The van der Waals surface area contributed by atoms with E-state index in [0.717, 1.165) is 35.8 Å². The maximum absolute atomic E-state index is 5.71. The number of pyridine rings is 1. The molecule has 0 amide bonds. The SMILES string of the molecule is C=CCOc1ccccc1CNC(=NC)NCCc1cccc2cccnc12. The van der Waals surface area contributed by atoms with Gasteiger partial charge in [-0.3, -0.25) is 9.98 Å². The predicted octanol–water partition coefficient (Wildman–Crippen LogP) is 3.71. The normalized spacial score (nSPS) is 11.2. The van der Waals surface area contributed by atoms with Gasteiger partial charge in [-0.15, -0.1) is 0 Å². The molecule has 0 saturated heterocycles. The van der Waals surface area contributed by atoms with Crippen molar-refractivity contribution in [3.63, 3.8) is 0 Å². The summed E-state index contributed by atoms with van der Waals surface area (Å²) in [5, 5.41) is 7.88. The lowest BCUT2D eigenvalue weighted by atomic mass is 10.1. The van der Waals surface area contributed by atoms with Crippen molar-refractivity contribution in [2.24, 2.45) is 4.99 Å². The lowest BCUT2D eigenvalue weighted by molar-refractivity contribution is 0.358. The highest BCUT2D eigenvalue weighted by Gasteiger charge is 2.05. The van der Waals surface area contributed by atoms with Gasteiger partial charge >= 0.3 is 0 Å². The summed E-state index contributed by atoms with van der Waals surface area (Å²) in [4.78, 5) is 8.82. The molecule has 144 valence electrons. The van der Waals surface area contributed by atoms with Gasteiger partial charge in [0.25, 0.3) is 0 Å². The number of aromatic nitrogens is 1. The van der Waals surface area contributed by atoms with Crippen LogP contribution in [-0.4, -0.2) is 31.1 Å². The molecule has 3 aromatic rings. The summed E-state index contributed by atoms with van der Waals surface area (Å²) in [6.07, 6.45) is 4.45. The number of benzene rings is 2. The number of hydrogen-bond donors (Lipinski definition) is 2. The zero-order valence-corrected chi connectivity index (χ0v) is 16.2. The van der Waals surface area contributed by atoms with Crippen LogP contribution in [0.3, 0.4) is 0 Å². The van der Waals surface area contributed by atoms with Crippen molar-refractivity contribution in [2.75, 3.05) is 20.2 Å². The quantitative estimate of drug-likeness (QED) is 0.359. The molecule has 0 fully saturated rings. The third kappa shape index (κ3) is 5.10. The molecule has 0 bridgehead atoms. The van der Waals surface area contributed by atoms with Crippen LogP contribution in [-0.2, 0) is 13.0 Å². The lowest BCUT2D eigenvalue weighted by Gasteiger charge is -2.14. The fourth-order valence-electron chi connectivity index (χ4n) is 3.02. The van der Waals surface area contributed by atoms with E-state index in [1.54, 1.807) is 13.1 Å². The van der Waals surface area contributed by atoms with Crippen LogP contribution in [0.4, 0.5) is 0 Å². The van der Waals surface area contributed by atoms with E-state index in [1.165, 1.54) is 10.9 Å². The first kappa shape index (κ1) is 19.4. The number of nitrogens with zero attached hydrogens (tertiary/aromatic N) is 2. The summed E-state index contributed by atoms with van der Waals surface area (Å²) >= 11 is 0. The van der Waals surface area contributed by atoms with Crippen LogP contribution in [0.2, 0.25) is 0 Å². The number of para-hydroxylation sites is 2. The van der Waals surface area contributed by atoms with Gasteiger partial charge in [-0.05, 0) is 24.1 Å². The molecule has 0 aliphatic carbocycles. The molecule has 0 atom stereocenters. The fraction of sp³-hybridized carbons (Fsp3) is 0.217. The van der Waals surface area contributed by atoms with Gasteiger partial charge in [0.15, 0.2) is 5.96 Å². The highest BCUT2D eigenvalue weighted by atomic mass is 16.5. The van der Waals surface area contributed by atoms with Crippen LogP contribution >= 0.6 is 0 Å². The van der Waals surface area contributed by atoms with E-state index in [2.05, 4.69) is 51.5 Å². The van der Waals surface area contributed by atoms with Crippen LogP contribution in [0, 0.1) is 0 Å². The molecular weight excluding hydrogens is 348 g/mol. The van der Waals surface area contributed by atoms with Crippen LogP contribution in [0.25, 0.3) is 10.9 Å². The average Bonchev–Trinajstić information content (AvgIpc) is 2.75. The standard InChI is InChI=1S/C23H26N4O/c1-3-16-28-21-12-5-4-8-20(21)17-27-23(24-2)26-15-13-19-10-6-9-18-11-7-14-25-22(18)19/h3-12,14H,1,13,15-17H2,2H3,(H2,24,26,27). The maximum Gasteiger partial charge on any atom is 0.191 e. The van der Waals surface area contributed by atoms with E-state index in [9.17, 15) is 0 Å². The fourth-order valence-corrected chi connectivity index (χ4v) is 3.02. The predicted molar refractivity (Wildman–Crippen MR) is 116 cm³/mol. The van der Waals surface area contributed by atoms with E-state index in [-0.39, 0.29) is 0 Å². The first-order valence-corrected chi connectivity index (χ1v) is 9.40. The Kier molecular flexibility index (Phi) is 7.01. The molecule has 1 heterocycles. The van der Waals surface area contributed by atoms with Gasteiger partial charge in [0.1, 0.15) is 12.4 Å². The largest absolute Gasteiger partial charge is 0.489 e. The molecule has 2 aromatic carbocycles. The summed E-state index contributed by atoms with van der Waals surface area (Å²) in [5.41, 5.74) is 3.36. The topological polar surface area (TPSA) is 58.5 Å². The van der Waals surface area contributed by atoms with Crippen molar-refractivity contribution in [2.45, 2.75) is 13.0 Å². The lowest BCUT2D eigenvalue weighted by Crippen LogP contribution is -2.38. The molecule has 28 heavy (non-hydrogen) atoms. The van der Waals surface area contributed by atoms with Crippen molar-refractivity contribution in [1.82, 2.24) is 15.6 Å². The Labute approximate surface area is 166 Å². The van der Waals surface area contributed by atoms with Gasteiger partial charge < -0.3 is 15.4 Å². The molecule has 3 rings (SSSR count). The number of fused-ring (bicyclic) bond motifs is 1. The molecule has 0 spiro atoms. The second kappa shape index (κ2) is 10.1. The number of ether oxygens (including phenoxy) is 1. The second-order valence-corrected chi connectivity index (χ2v) is 6.30. The van der Waals surface area contributed by atoms with Crippen LogP contribution in [0.15, 0.2) is 78.4 Å². The number of hydrogen-bond acceptors (Lipinski definition) is 3. The average molecular weight is 374 g/mol. The minimum Gasteiger partial charge on any atom is -0.489 e. The van der Waals surface area contributed by atoms with Gasteiger partial charge in [-0.2, -0.15) is 0 Å². The van der Waals surface area contributed by atoms with Gasteiger partial charge in [0.2, 0.25) is 0 Å². The van der Waals surface area contributed by atoms with E-state index in [0.29, 0.717) is 13.2 Å². The highest BCUT2D eigenvalue weighted by molar-refractivity contribution is 5.82. The molecule has 2 N–H and O–H groups in total. The first-order chi connectivity index (χ1) is 13.8. The maximum atomic E-state index is 5.71. The zero-order valence-electron chi connectivity index (χ0n) is 16.2. The summed E-state index contributed by atoms with van der Waals surface area (Å²) in [7, 11) is 1.77. The van der Waals surface area contributed by atoms with Crippen molar-refractivity contribution in [1.29, 1.82) is 0 Å². The molecule has 0 unspecified atom stereocenters.